The average Bonchev–Trinajstić information content (AvgIpc) is 2.30. The van der Waals surface area contributed by atoms with Crippen LogP contribution < -0.4 is 0 Å². The molecule has 0 N–H and O–H groups in total. The van der Waals surface area contributed by atoms with Crippen LogP contribution in [0.1, 0.15) is 21.7 Å². The van der Waals surface area contributed by atoms with E-state index in [2.05, 4.69) is 9.97 Å². The summed E-state index contributed by atoms with van der Waals surface area (Å²) in [4.78, 5) is 18.6. The maximum Gasteiger partial charge on any atom is 0.153 e. The van der Waals surface area contributed by atoms with Crippen LogP contribution in [0.3, 0.4) is 0 Å². The zero-order valence-electron chi connectivity index (χ0n) is 8.43. The van der Waals surface area contributed by atoms with Gasteiger partial charge in [0.2, 0.25) is 0 Å². The number of benzene rings is 1. The third kappa shape index (κ3) is 2.64. The predicted molar refractivity (Wildman–Crippen MR) is 61.7 cm³/mol. The van der Waals surface area contributed by atoms with Crippen LogP contribution in [0.15, 0.2) is 36.7 Å². The molecule has 3 nitrogen and oxygen atoms in total. The number of carbonyl (C=O) groups excluding carboxylic acids is 1. The summed E-state index contributed by atoms with van der Waals surface area (Å²) in [6.45, 7) is 0. The molecule has 0 aliphatic rings. The minimum absolute atomic E-state index is 0.481. The number of aromatic nitrogens is 2. The van der Waals surface area contributed by atoms with E-state index in [0.29, 0.717) is 22.8 Å². The van der Waals surface area contributed by atoms with Crippen molar-refractivity contribution in [2.24, 2.45) is 0 Å². The molecule has 1 aromatic heterocycles. The molecule has 0 unspecified atom stereocenters. The van der Waals surface area contributed by atoms with Crippen LogP contribution in [0.5, 0.6) is 0 Å². The van der Waals surface area contributed by atoms with Gasteiger partial charge in [-0.25, -0.2) is 9.97 Å². The van der Waals surface area contributed by atoms with Crippen molar-refractivity contribution in [3.05, 3.63) is 58.6 Å². The summed E-state index contributed by atoms with van der Waals surface area (Å²) in [7, 11) is 0. The summed E-state index contributed by atoms with van der Waals surface area (Å²) in [5.74, 6) is 0.674. The molecule has 0 bridgehead atoms. The highest BCUT2D eigenvalue weighted by atomic mass is 35.5. The van der Waals surface area contributed by atoms with Crippen molar-refractivity contribution in [1.29, 1.82) is 0 Å². The molecule has 2 aromatic rings. The summed E-state index contributed by atoms with van der Waals surface area (Å²) in [6.07, 6.45) is 4.36. The van der Waals surface area contributed by atoms with E-state index in [4.69, 9.17) is 11.6 Å². The average molecular weight is 233 g/mol. The molecule has 0 aliphatic heterocycles. The van der Waals surface area contributed by atoms with Crippen molar-refractivity contribution in [1.82, 2.24) is 9.97 Å². The molecule has 0 fully saturated rings. The van der Waals surface area contributed by atoms with Gasteiger partial charge < -0.3 is 0 Å². The summed E-state index contributed by atoms with van der Waals surface area (Å²) in [6, 6.07) is 7.54. The molecule has 0 aliphatic carbocycles. The Balaban J connectivity index is 2.17. The molecule has 0 spiro atoms. The molecule has 2 rings (SSSR count). The Hall–Kier alpha value is -1.74. The maximum atomic E-state index is 10.4. The highest BCUT2D eigenvalue weighted by molar-refractivity contribution is 6.30. The summed E-state index contributed by atoms with van der Waals surface area (Å²) in [5, 5.41) is 0.696. The Morgan fingerprint density at radius 1 is 1.25 bits per heavy atom. The zero-order valence-corrected chi connectivity index (χ0v) is 9.19. The first-order valence-electron chi connectivity index (χ1n) is 4.78. The van der Waals surface area contributed by atoms with Crippen molar-refractivity contribution in [3.8, 4) is 0 Å². The third-order valence-corrected chi connectivity index (χ3v) is 2.35. The van der Waals surface area contributed by atoms with Gasteiger partial charge in [0.25, 0.3) is 0 Å². The lowest BCUT2D eigenvalue weighted by Crippen LogP contribution is -1.97. The van der Waals surface area contributed by atoms with Crippen LogP contribution in [-0.4, -0.2) is 16.3 Å². The molecule has 0 radical (unpaired) electrons. The van der Waals surface area contributed by atoms with Crippen LogP contribution in [0.2, 0.25) is 5.02 Å². The first-order valence-corrected chi connectivity index (χ1v) is 5.16. The standard InChI is InChI=1S/C12H9ClN2O/c13-11-3-1-2-9(4-11)5-12-14-6-10(8-16)7-15-12/h1-4,6-8H,5H2. The largest absolute Gasteiger partial charge is 0.298 e. The maximum absolute atomic E-state index is 10.4. The van der Waals surface area contributed by atoms with Gasteiger partial charge in [-0.15, -0.1) is 0 Å². The Bertz CT molecular complexity index is 497. The molecule has 0 saturated heterocycles. The van der Waals surface area contributed by atoms with Crippen molar-refractivity contribution >= 4 is 17.9 Å². The van der Waals surface area contributed by atoms with E-state index < -0.39 is 0 Å². The van der Waals surface area contributed by atoms with E-state index in [0.717, 1.165) is 11.8 Å². The SMILES string of the molecule is O=Cc1cnc(Cc2cccc(Cl)c2)nc1. The number of aldehydes is 1. The van der Waals surface area contributed by atoms with Crippen LogP contribution in [0, 0.1) is 0 Å². The van der Waals surface area contributed by atoms with E-state index in [-0.39, 0.29) is 0 Å². The molecule has 80 valence electrons. The van der Waals surface area contributed by atoms with Crippen LogP contribution >= 0.6 is 11.6 Å². The van der Waals surface area contributed by atoms with Crippen LogP contribution in [0.25, 0.3) is 0 Å². The van der Waals surface area contributed by atoms with Crippen molar-refractivity contribution in [2.45, 2.75) is 6.42 Å². The van der Waals surface area contributed by atoms with Crippen molar-refractivity contribution in [3.63, 3.8) is 0 Å². The Kier molecular flexibility index (Phi) is 3.27. The Morgan fingerprint density at radius 2 is 2.00 bits per heavy atom. The second-order valence-corrected chi connectivity index (χ2v) is 3.79. The van der Waals surface area contributed by atoms with Crippen LogP contribution in [0.4, 0.5) is 0 Å². The fraction of sp³-hybridized carbons (Fsp3) is 0.0833. The van der Waals surface area contributed by atoms with E-state index in [1.165, 1.54) is 12.4 Å². The quantitative estimate of drug-likeness (QED) is 0.764. The molecule has 4 heteroatoms. The smallest absolute Gasteiger partial charge is 0.153 e. The normalized spacial score (nSPS) is 10.1. The highest BCUT2D eigenvalue weighted by Gasteiger charge is 2.00. The number of rotatable bonds is 3. The molecule has 0 saturated carbocycles. The molecule has 16 heavy (non-hydrogen) atoms. The highest BCUT2D eigenvalue weighted by Crippen LogP contribution is 2.12. The van der Waals surface area contributed by atoms with Gasteiger partial charge in [0, 0.05) is 23.8 Å². The monoisotopic (exact) mass is 232 g/mol. The molecule has 0 atom stereocenters. The van der Waals surface area contributed by atoms with E-state index in [9.17, 15) is 4.79 Å². The first kappa shape index (κ1) is 10.8. The molecule has 0 amide bonds. The lowest BCUT2D eigenvalue weighted by Gasteiger charge is -2.00. The van der Waals surface area contributed by atoms with Gasteiger partial charge in [-0.1, -0.05) is 23.7 Å². The zero-order chi connectivity index (χ0) is 11.4. The van der Waals surface area contributed by atoms with Gasteiger partial charge >= 0.3 is 0 Å². The molecule has 1 heterocycles. The fourth-order valence-electron chi connectivity index (χ4n) is 1.35. The lowest BCUT2D eigenvalue weighted by atomic mass is 10.1. The van der Waals surface area contributed by atoms with Crippen molar-refractivity contribution < 1.29 is 4.79 Å². The number of hydrogen-bond acceptors (Lipinski definition) is 3. The van der Waals surface area contributed by atoms with E-state index >= 15 is 0 Å². The van der Waals surface area contributed by atoms with Gasteiger partial charge in [-0.05, 0) is 17.7 Å². The number of halogens is 1. The van der Waals surface area contributed by atoms with Gasteiger partial charge in [0.15, 0.2) is 6.29 Å². The van der Waals surface area contributed by atoms with E-state index in [1.807, 2.05) is 24.3 Å². The summed E-state index contributed by atoms with van der Waals surface area (Å²) < 4.78 is 0. The lowest BCUT2D eigenvalue weighted by molar-refractivity contribution is 0.112. The Labute approximate surface area is 98.1 Å². The number of hydrogen-bond donors (Lipinski definition) is 0. The fourth-order valence-corrected chi connectivity index (χ4v) is 1.56. The number of carbonyl (C=O) groups is 1. The minimum Gasteiger partial charge on any atom is -0.298 e. The third-order valence-electron chi connectivity index (χ3n) is 2.11. The summed E-state index contributed by atoms with van der Waals surface area (Å²) in [5.41, 5.74) is 1.53. The predicted octanol–water partition coefficient (Wildman–Crippen LogP) is 2.53. The van der Waals surface area contributed by atoms with Gasteiger partial charge in [0.05, 0.1) is 5.56 Å². The topological polar surface area (TPSA) is 42.9 Å². The summed E-state index contributed by atoms with van der Waals surface area (Å²) >= 11 is 5.87. The minimum atomic E-state index is 0.481. The molecule has 1 aromatic carbocycles. The second-order valence-electron chi connectivity index (χ2n) is 3.36. The van der Waals surface area contributed by atoms with Gasteiger partial charge in [0.1, 0.15) is 5.82 Å². The molecular weight excluding hydrogens is 224 g/mol. The van der Waals surface area contributed by atoms with Crippen molar-refractivity contribution in [2.75, 3.05) is 0 Å². The second kappa shape index (κ2) is 4.86. The molecular formula is C12H9ClN2O. The van der Waals surface area contributed by atoms with Crippen LogP contribution in [-0.2, 0) is 6.42 Å². The first-order chi connectivity index (χ1) is 7.78. The Morgan fingerprint density at radius 3 is 2.62 bits per heavy atom. The van der Waals surface area contributed by atoms with E-state index in [1.54, 1.807) is 0 Å². The van der Waals surface area contributed by atoms with Gasteiger partial charge in [-0.3, -0.25) is 4.79 Å². The number of nitrogens with zero attached hydrogens (tertiary/aromatic N) is 2. The van der Waals surface area contributed by atoms with Gasteiger partial charge in [-0.2, -0.15) is 0 Å².